The van der Waals surface area contributed by atoms with Gasteiger partial charge in [0.05, 0.1) is 62.2 Å². The number of nitrogens with zero attached hydrogens (tertiary/aromatic N) is 6. The number of hydrogen-bond acceptors (Lipinski definition) is 12. The summed E-state index contributed by atoms with van der Waals surface area (Å²) >= 11 is 0. The van der Waals surface area contributed by atoms with Crippen LogP contribution in [0, 0.1) is 0 Å². The maximum atomic E-state index is 12.3. The molecule has 0 aliphatic rings. The molecule has 6 aromatic rings. The van der Waals surface area contributed by atoms with Gasteiger partial charge >= 0.3 is 17.9 Å². The fourth-order valence-corrected chi connectivity index (χ4v) is 5.72. The van der Waals surface area contributed by atoms with Crippen LogP contribution >= 0.6 is 0 Å². The summed E-state index contributed by atoms with van der Waals surface area (Å²) in [4.78, 5) is 43.0. The average molecular weight is 847 g/mol. The SMILES string of the molecule is CCOC(=O)c1nn(-c2ccccc2)c(O)c1C=Nc1ccccc1C(=O)O.CCc1nn(-c2ccc(S(=O)(=O)O)cc2)c(O)c1C=Nc1ccccc1C(=O)O.[Cr]. The Morgan fingerprint density at radius 3 is 1.66 bits per heavy atom. The second-order valence-corrected chi connectivity index (χ2v) is 13.1. The van der Waals surface area contributed by atoms with Gasteiger partial charge in [-0.1, -0.05) is 49.4 Å². The fraction of sp³-hybridized carbons (Fsp3) is 0.103. The zero-order valence-electron chi connectivity index (χ0n) is 30.6. The van der Waals surface area contributed by atoms with Crippen molar-refractivity contribution in [3.63, 3.8) is 0 Å². The molecule has 2 aromatic heterocycles. The monoisotopic (exact) mass is 846 g/mol. The van der Waals surface area contributed by atoms with E-state index in [1.807, 2.05) is 13.0 Å². The van der Waals surface area contributed by atoms with E-state index in [0.29, 0.717) is 29.1 Å². The van der Waals surface area contributed by atoms with E-state index in [9.17, 15) is 43.2 Å². The molecule has 0 spiro atoms. The number of benzene rings is 4. The van der Waals surface area contributed by atoms with Gasteiger partial charge in [-0.15, -0.1) is 0 Å². The molecule has 5 N–H and O–H groups in total. The van der Waals surface area contributed by atoms with Crippen molar-refractivity contribution in [2.45, 2.75) is 25.2 Å². The summed E-state index contributed by atoms with van der Waals surface area (Å²) in [6, 6.07) is 26.3. The molecule has 298 valence electrons. The molecule has 0 radical (unpaired) electrons. The van der Waals surface area contributed by atoms with Gasteiger partial charge < -0.3 is 25.2 Å². The number of carbonyl (C=O) groups is 3. The standard InChI is InChI=1S/C20H17N3O5.C19H17N3O6S.Cr/c1-2-28-20(27)17-15(12-21-16-11-7-6-10-14(16)19(25)26)18(24)23(22-17)13-8-4-3-5-9-13;1-2-16-15(11-20-17-6-4-3-5-14(17)19(24)25)18(23)22(21-16)12-7-9-13(10-8-12)29(26,27)28;/h3-12,24H,2H2,1H3,(H,25,26);3-11,23H,2H2,1H3,(H,24,25)(H,26,27,28);. The van der Waals surface area contributed by atoms with Crippen LogP contribution in [0.4, 0.5) is 11.4 Å². The van der Waals surface area contributed by atoms with E-state index >= 15 is 0 Å². The number of aromatic carboxylic acids is 2. The summed E-state index contributed by atoms with van der Waals surface area (Å²) in [5.41, 5.74) is 2.06. The van der Waals surface area contributed by atoms with E-state index in [1.54, 1.807) is 61.5 Å². The Morgan fingerprint density at radius 1 is 0.690 bits per heavy atom. The van der Waals surface area contributed by atoms with Crippen molar-refractivity contribution in [2.75, 3.05) is 6.61 Å². The predicted molar refractivity (Wildman–Crippen MR) is 207 cm³/mol. The number of ether oxygens (including phenoxy) is 1. The first-order valence-electron chi connectivity index (χ1n) is 16.9. The predicted octanol–water partition coefficient (Wildman–Crippen LogP) is 6.04. The van der Waals surface area contributed by atoms with Gasteiger partial charge in [-0.25, -0.2) is 19.1 Å². The van der Waals surface area contributed by atoms with Crippen LogP contribution in [0.25, 0.3) is 11.4 Å². The molecule has 0 atom stereocenters. The Labute approximate surface area is 341 Å². The molecule has 0 fully saturated rings. The second-order valence-electron chi connectivity index (χ2n) is 11.6. The Morgan fingerprint density at radius 2 is 1.16 bits per heavy atom. The van der Waals surface area contributed by atoms with E-state index < -0.39 is 28.0 Å². The maximum absolute atomic E-state index is 12.3. The summed E-state index contributed by atoms with van der Waals surface area (Å²) in [6.07, 6.45) is 3.01. The number of rotatable bonds is 12. The molecule has 0 aliphatic carbocycles. The molecule has 0 amide bonds. The van der Waals surface area contributed by atoms with Gasteiger partial charge in [-0.2, -0.15) is 23.3 Å². The van der Waals surface area contributed by atoms with Crippen molar-refractivity contribution >= 4 is 51.8 Å². The zero-order valence-corrected chi connectivity index (χ0v) is 32.7. The average Bonchev–Trinajstić information content (AvgIpc) is 3.71. The number of aryl methyl sites for hydroxylation is 1. The molecule has 0 saturated heterocycles. The van der Waals surface area contributed by atoms with Crippen LogP contribution in [0.1, 0.15) is 61.9 Å². The summed E-state index contributed by atoms with van der Waals surface area (Å²) in [7, 11) is -4.33. The van der Waals surface area contributed by atoms with Crippen LogP contribution in [0.15, 0.2) is 118 Å². The number of carboxylic acid groups (broad SMARTS) is 2. The van der Waals surface area contributed by atoms with Crippen LogP contribution < -0.4 is 0 Å². The Balaban J connectivity index is 0.000000252. The third-order valence-corrected chi connectivity index (χ3v) is 8.86. The van der Waals surface area contributed by atoms with Crippen molar-refractivity contribution in [3.8, 4) is 23.1 Å². The molecule has 2 heterocycles. The largest absolute Gasteiger partial charge is 0.493 e. The van der Waals surface area contributed by atoms with Gasteiger partial charge in [0.2, 0.25) is 11.8 Å². The summed E-state index contributed by atoms with van der Waals surface area (Å²) < 4.78 is 38.8. The van der Waals surface area contributed by atoms with E-state index in [2.05, 4.69) is 20.2 Å². The molecule has 0 aliphatic heterocycles. The van der Waals surface area contributed by atoms with Crippen molar-refractivity contribution in [1.29, 1.82) is 0 Å². The van der Waals surface area contributed by atoms with Crippen LogP contribution in [-0.4, -0.2) is 89.9 Å². The van der Waals surface area contributed by atoms with Gasteiger partial charge in [-0.3, -0.25) is 14.5 Å². The maximum Gasteiger partial charge on any atom is 0.359 e. The number of aromatic hydroxyl groups is 2. The molecular formula is C39H34CrN6O11S. The van der Waals surface area contributed by atoms with Crippen molar-refractivity contribution in [2.24, 2.45) is 9.98 Å². The van der Waals surface area contributed by atoms with Crippen LogP contribution in [0.3, 0.4) is 0 Å². The minimum absolute atomic E-state index is 0. The van der Waals surface area contributed by atoms with Gasteiger partial charge in [0.1, 0.15) is 0 Å². The third-order valence-electron chi connectivity index (χ3n) is 7.99. The zero-order chi connectivity index (χ0) is 41.3. The topological polar surface area (TPSA) is 256 Å². The number of carboxylic acids is 2. The molecule has 0 saturated carbocycles. The summed E-state index contributed by atoms with van der Waals surface area (Å²) in [6.45, 7) is 3.62. The Hall–Kier alpha value is -6.91. The minimum atomic E-state index is -4.33. The van der Waals surface area contributed by atoms with E-state index in [0.717, 1.165) is 0 Å². The number of carbonyl (C=O) groups excluding carboxylic acids is 1. The third kappa shape index (κ3) is 10.1. The first kappa shape index (κ1) is 43.8. The van der Waals surface area contributed by atoms with Crippen molar-refractivity contribution in [1.82, 2.24) is 19.6 Å². The normalized spacial score (nSPS) is 11.2. The molecule has 58 heavy (non-hydrogen) atoms. The van der Waals surface area contributed by atoms with Gasteiger partial charge in [-0.05, 0) is 74.0 Å². The summed E-state index contributed by atoms with van der Waals surface area (Å²) in [5, 5.41) is 48.2. The fourth-order valence-electron chi connectivity index (χ4n) is 5.24. The molecule has 19 heteroatoms. The first-order valence-corrected chi connectivity index (χ1v) is 18.3. The van der Waals surface area contributed by atoms with Crippen molar-refractivity contribution in [3.05, 3.63) is 137 Å². The van der Waals surface area contributed by atoms with Crippen LogP contribution in [0.2, 0.25) is 0 Å². The van der Waals surface area contributed by atoms with Crippen LogP contribution in [-0.2, 0) is 38.6 Å². The molecule has 6 rings (SSSR count). The van der Waals surface area contributed by atoms with E-state index in [4.69, 9.17) is 9.29 Å². The number of aliphatic imine (C=N–C) groups is 2. The summed E-state index contributed by atoms with van der Waals surface area (Å²) in [5.74, 6) is -3.53. The van der Waals surface area contributed by atoms with Crippen LogP contribution in [0.5, 0.6) is 11.8 Å². The van der Waals surface area contributed by atoms with Crippen molar-refractivity contribution < 1.29 is 69.9 Å². The minimum Gasteiger partial charge on any atom is -0.493 e. The molecule has 0 bridgehead atoms. The van der Waals surface area contributed by atoms with E-state index in [1.165, 1.54) is 64.3 Å². The van der Waals surface area contributed by atoms with E-state index in [-0.39, 0.29) is 74.4 Å². The van der Waals surface area contributed by atoms with Gasteiger partial charge in [0.15, 0.2) is 5.69 Å². The molecule has 4 aromatic carbocycles. The first-order chi connectivity index (χ1) is 27.2. The number of hydrogen-bond donors (Lipinski definition) is 5. The molecule has 0 unspecified atom stereocenters. The van der Waals surface area contributed by atoms with Gasteiger partial charge in [0.25, 0.3) is 10.1 Å². The van der Waals surface area contributed by atoms with Gasteiger partial charge in [0, 0.05) is 29.8 Å². The molecule has 17 nitrogen and oxygen atoms in total. The Bertz CT molecular complexity index is 2610. The Kier molecular flexibility index (Phi) is 14.6. The number of esters is 1. The second kappa shape index (κ2) is 19.3. The molecular weight excluding hydrogens is 813 g/mol. The smallest absolute Gasteiger partial charge is 0.359 e. The number of aromatic nitrogens is 4. The number of para-hydroxylation sites is 3. The quantitative estimate of drug-likeness (QED) is 0.0536.